The minimum atomic E-state index is -1.49. The Labute approximate surface area is 211 Å². The molecule has 1 fully saturated rings. The van der Waals surface area contributed by atoms with Crippen molar-refractivity contribution in [2.24, 2.45) is 5.41 Å². The Hall–Kier alpha value is -4.17. The van der Waals surface area contributed by atoms with Gasteiger partial charge < -0.3 is 19.5 Å². The van der Waals surface area contributed by atoms with Gasteiger partial charge in [-0.15, -0.1) is 0 Å². The van der Waals surface area contributed by atoms with E-state index in [0.717, 1.165) is 0 Å². The number of hydrogen-bond donors (Lipinski definition) is 1. The van der Waals surface area contributed by atoms with Crippen LogP contribution in [0.4, 0.5) is 10.1 Å². The van der Waals surface area contributed by atoms with E-state index < -0.39 is 29.3 Å². The summed E-state index contributed by atoms with van der Waals surface area (Å²) >= 11 is 0. The number of ketones is 1. The summed E-state index contributed by atoms with van der Waals surface area (Å²) in [6.45, 7) is 5.83. The number of aromatic nitrogens is 3. The number of morpholine rings is 1. The lowest BCUT2D eigenvalue weighted by molar-refractivity contribution is -0.149. The Kier molecular flexibility index (Phi) is 5.14. The Morgan fingerprint density at radius 2 is 2.16 bits per heavy atom. The molecule has 10 nitrogen and oxygen atoms in total. The van der Waals surface area contributed by atoms with Gasteiger partial charge in [0.1, 0.15) is 17.2 Å². The van der Waals surface area contributed by atoms with Crippen molar-refractivity contribution in [1.29, 1.82) is 5.26 Å². The van der Waals surface area contributed by atoms with Crippen LogP contribution in [0.25, 0.3) is 22.4 Å². The number of anilines is 1. The predicted octanol–water partition coefficient (Wildman–Crippen LogP) is 2.81. The second-order valence-electron chi connectivity index (χ2n) is 9.72. The molecule has 5 heterocycles. The molecule has 1 spiro atoms. The molecule has 0 aliphatic carbocycles. The van der Waals surface area contributed by atoms with Gasteiger partial charge in [0.25, 0.3) is 0 Å². The van der Waals surface area contributed by atoms with Gasteiger partial charge in [0.2, 0.25) is 17.3 Å². The van der Waals surface area contributed by atoms with E-state index in [1.807, 2.05) is 26.8 Å². The molecule has 4 atom stereocenters. The second kappa shape index (κ2) is 8.18. The molecule has 3 aliphatic heterocycles. The molecule has 1 saturated heterocycles. The van der Waals surface area contributed by atoms with Crippen LogP contribution >= 0.6 is 0 Å². The van der Waals surface area contributed by atoms with Gasteiger partial charge in [-0.25, -0.2) is 14.4 Å². The molecule has 1 N–H and O–H groups in total. The van der Waals surface area contributed by atoms with Crippen LogP contribution in [0.1, 0.15) is 38.6 Å². The third-order valence-corrected chi connectivity index (χ3v) is 7.50. The third-order valence-electron chi connectivity index (χ3n) is 7.50. The van der Waals surface area contributed by atoms with E-state index in [0.29, 0.717) is 28.8 Å². The van der Waals surface area contributed by atoms with Crippen molar-refractivity contribution in [2.75, 3.05) is 11.4 Å². The summed E-state index contributed by atoms with van der Waals surface area (Å²) < 4.78 is 27.7. The Morgan fingerprint density at radius 1 is 1.35 bits per heavy atom. The summed E-state index contributed by atoms with van der Waals surface area (Å²) in [5.74, 6) is -1.43. The molecule has 0 bridgehead atoms. The largest absolute Gasteiger partial charge is 0.372 e. The van der Waals surface area contributed by atoms with Crippen molar-refractivity contribution in [3.63, 3.8) is 0 Å². The van der Waals surface area contributed by atoms with Crippen LogP contribution in [-0.2, 0) is 20.7 Å². The monoisotopic (exact) mass is 502 g/mol. The number of carbonyl (C=O) groups is 2. The lowest BCUT2D eigenvalue weighted by atomic mass is 9.64. The number of fused-ring (bicyclic) bond motifs is 5. The number of halogens is 1. The van der Waals surface area contributed by atoms with Crippen LogP contribution in [0.2, 0.25) is 0 Å². The van der Waals surface area contributed by atoms with Gasteiger partial charge in [-0.05, 0) is 44.4 Å². The van der Waals surface area contributed by atoms with Crippen LogP contribution in [-0.4, -0.2) is 51.6 Å². The maximum absolute atomic E-state index is 16.2. The van der Waals surface area contributed by atoms with Gasteiger partial charge in [0, 0.05) is 24.5 Å². The van der Waals surface area contributed by atoms with E-state index in [2.05, 4.69) is 20.4 Å². The normalized spacial score (nSPS) is 26.9. The molecule has 2 aromatic heterocycles. The number of carbonyl (C=O) groups excluding carboxylic acids is 2. The molecule has 0 radical (unpaired) electrons. The zero-order valence-electron chi connectivity index (χ0n) is 20.4. The first-order valence-corrected chi connectivity index (χ1v) is 12.1. The molecule has 4 unspecified atom stereocenters. The number of nitrogens with zero attached hydrogens (tertiary/aromatic N) is 5. The molecular formula is C26H23FN6O4. The molecule has 188 valence electrons. The maximum Gasteiger partial charge on any atom is 0.240 e. The Balaban J connectivity index is 1.59. The highest BCUT2D eigenvalue weighted by Crippen LogP contribution is 2.50. The van der Waals surface area contributed by atoms with Crippen molar-refractivity contribution < 1.29 is 23.2 Å². The van der Waals surface area contributed by atoms with Crippen LogP contribution in [0, 0.1) is 22.6 Å². The van der Waals surface area contributed by atoms with Crippen LogP contribution in [0.3, 0.4) is 0 Å². The first-order chi connectivity index (χ1) is 17.8. The summed E-state index contributed by atoms with van der Waals surface area (Å²) in [4.78, 5) is 37.2. The van der Waals surface area contributed by atoms with E-state index >= 15 is 4.39 Å². The molecule has 1 amide bonds. The fraction of sp³-hybridized carbons (Fsp3) is 0.385. The lowest BCUT2D eigenvalue weighted by Gasteiger charge is -2.55. The number of nitrogens with one attached hydrogen (secondary N) is 1. The van der Waals surface area contributed by atoms with Crippen LogP contribution in [0.5, 0.6) is 0 Å². The van der Waals surface area contributed by atoms with Gasteiger partial charge in [0.15, 0.2) is 11.6 Å². The number of nitriles is 1. The third kappa shape index (κ3) is 3.22. The van der Waals surface area contributed by atoms with Crippen molar-refractivity contribution in [3.8, 4) is 17.5 Å². The summed E-state index contributed by atoms with van der Waals surface area (Å²) in [5, 5.41) is 16.5. The molecular weight excluding hydrogens is 479 g/mol. The van der Waals surface area contributed by atoms with Gasteiger partial charge in [-0.3, -0.25) is 9.59 Å². The average Bonchev–Trinajstić information content (AvgIpc) is 3.30. The molecule has 11 heteroatoms. The summed E-state index contributed by atoms with van der Waals surface area (Å²) in [5.41, 5.74) is 0.283. The number of ether oxygens (including phenoxy) is 1. The number of benzene rings is 1. The van der Waals surface area contributed by atoms with Gasteiger partial charge >= 0.3 is 0 Å². The molecule has 3 aliphatic rings. The summed E-state index contributed by atoms with van der Waals surface area (Å²) in [6.07, 6.45) is 2.60. The average molecular weight is 503 g/mol. The maximum atomic E-state index is 16.2. The van der Waals surface area contributed by atoms with E-state index in [4.69, 9.17) is 9.26 Å². The molecule has 37 heavy (non-hydrogen) atoms. The van der Waals surface area contributed by atoms with Crippen molar-refractivity contribution in [2.45, 2.75) is 51.9 Å². The quantitative estimate of drug-likeness (QED) is 0.525. The fourth-order valence-corrected chi connectivity index (χ4v) is 6.02. The van der Waals surface area contributed by atoms with Gasteiger partial charge in [-0.2, -0.15) is 5.26 Å². The number of hydrogen-bond acceptors (Lipinski definition) is 9. The zero-order chi connectivity index (χ0) is 26.1. The topological polar surface area (TPSA) is 134 Å². The highest BCUT2D eigenvalue weighted by Gasteiger charge is 2.61. The zero-order valence-corrected chi connectivity index (χ0v) is 20.4. The summed E-state index contributed by atoms with van der Waals surface area (Å²) in [6, 6.07) is 4.41. The van der Waals surface area contributed by atoms with E-state index in [1.165, 1.54) is 12.3 Å². The smallest absolute Gasteiger partial charge is 0.240 e. The molecule has 0 saturated carbocycles. The standard InChI is InChI=1S/C26H23FN6O4/c1-4-15-8-18(34)26(25(35)30-15)9-14-7-16-21(17-5-6-29-19(10-28)31-17)32-37-23(16)20(27)22(14)33-11-12(2)36-13(3)24(26)33/h5-8,12-13,24H,4,9,11H2,1-3H3,(H,30,35). The number of rotatable bonds is 2. The molecule has 1 aromatic carbocycles. The van der Waals surface area contributed by atoms with E-state index in [9.17, 15) is 14.9 Å². The van der Waals surface area contributed by atoms with Crippen molar-refractivity contribution in [3.05, 3.63) is 47.3 Å². The number of allylic oxidation sites excluding steroid dienone is 2. The summed E-state index contributed by atoms with van der Waals surface area (Å²) in [7, 11) is 0. The highest BCUT2D eigenvalue weighted by molar-refractivity contribution is 6.16. The van der Waals surface area contributed by atoms with Gasteiger partial charge in [0.05, 0.1) is 35.0 Å². The van der Waals surface area contributed by atoms with Crippen LogP contribution in [0.15, 0.2) is 34.6 Å². The first kappa shape index (κ1) is 23.2. The number of amides is 1. The SMILES string of the molecule is CCC1=CC(=O)C2(Cc3cc4c(-c5ccnc(C#N)n5)noc4c(F)c3N3CC(C)OC(C)C32)C(=O)N1. The van der Waals surface area contributed by atoms with E-state index in [-0.39, 0.29) is 47.6 Å². The Morgan fingerprint density at radius 3 is 2.89 bits per heavy atom. The lowest BCUT2D eigenvalue weighted by Crippen LogP contribution is -2.70. The molecule has 3 aromatic rings. The minimum Gasteiger partial charge on any atom is -0.372 e. The van der Waals surface area contributed by atoms with Crippen molar-refractivity contribution >= 4 is 28.3 Å². The van der Waals surface area contributed by atoms with Crippen LogP contribution < -0.4 is 10.2 Å². The minimum absolute atomic E-state index is 0.0194. The Bertz CT molecular complexity index is 1560. The van der Waals surface area contributed by atoms with E-state index in [1.54, 1.807) is 17.0 Å². The second-order valence-corrected chi connectivity index (χ2v) is 9.72. The predicted molar refractivity (Wildman–Crippen MR) is 129 cm³/mol. The highest BCUT2D eigenvalue weighted by atomic mass is 19.1. The molecule has 6 rings (SSSR count). The fourth-order valence-electron chi connectivity index (χ4n) is 6.02. The van der Waals surface area contributed by atoms with Crippen molar-refractivity contribution in [1.82, 2.24) is 20.4 Å². The van der Waals surface area contributed by atoms with Gasteiger partial charge in [-0.1, -0.05) is 12.1 Å². The first-order valence-electron chi connectivity index (χ1n) is 12.1.